The van der Waals surface area contributed by atoms with Crippen LogP contribution in [-0.2, 0) is 9.59 Å². The Bertz CT molecular complexity index is 789. The lowest BCUT2D eigenvalue weighted by Crippen LogP contribution is -2.50. The van der Waals surface area contributed by atoms with Gasteiger partial charge in [-0.05, 0) is 25.5 Å². The molecule has 2 heterocycles. The van der Waals surface area contributed by atoms with Gasteiger partial charge in [0, 0.05) is 12.6 Å². The van der Waals surface area contributed by atoms with Crippen molar-refractivity contribution in [1.29, 1.82) is 0 Å². The Morgan fingerprint density at radius 2 is 2.15 bits per heavy atom. The van der Waals surface area contributed by atoms with E-state index in [0.717, 1.165) is 12.1 Å². The number of aromatic nitrogens is 1. The number of rotatable bonds is 6. The van der Waals surface area contributed by atoms with Crippen molar-refractivity contribution in [3.8, 4) is 5.75 Å². The van der Waals surface area contributed by atoms with E-state index < -0.39 is 6.10 Å². The maximum atomic E-state index is 12.4. The molecule has 0 fully saturated rings. The summed E-state index contributed by atoms with van der Waals surface area (Å²) in [7, 11) is 0. The van der Waals surface area contributed by atoms with Crippen molar-refractivity contribution in [2.24, 2.45) is 0 Å². The van der Waals surface area contributed by atoms with E-state index in [2.05, 4.69) is 15.8 Å². The number of carbonyl (C=O) groups is 2. The zero-order valence-electron chi connectivity index (χ0n) is 14.8. The van der Waals surface area contributed by atoms with Gasteiger partial charge < -0.3 is 24.8 Å². The molecule has 8 nitrogen and oxygen atoms in total. The van der Waals surface area contributed by atoms with E-state index >= 15 is 0 Å². The number of hydrogen-bond donors (Lipinski definition) is 2. The van der Waals surface area contributed by atoms with Crippen molar-refractivity contribution in [2.45, 2.75) is 26.4 Å². The minimum Gasteiger partial charge on any atom is -0.477 e. The second-order valence-electron chi connectivity index (χ2n) is 6.12. The first-order valence-corrected chi connectivity index (χ1v) is 8.58. The average molecular weight is 358 g/mol. The summed E-state index contributed by atoms with van der Waals surface area (Å²) in [4.78, 5) is 26.5. The molecule has 0 spiro atoms. The van der Waals surface area contributed by atoms with Gasteiger partial charge in [0.1, 0.15) is 11.5 Å². The smallest absolute Gasteiger partial charge is 0.262 e. The van der Waals surface area contributed by atoms with Gasteiger partial charge in [-0.1, -0.05) is 24.2 Å². The fraction of sp³-hybridized carbons (Fsp3) is 0.389. The molecule has 138 valence electrons. The van der Waals surface area contributed by atoms with Gasteiger partial charge in [0.15, 0.2) is 11.9 Å². The molecule has 8 heteroatoms. The maximum Gasteiger partial charge on any atom is 0.262 e. The first-order valence-electron chi connectivity index (χ1n) is 8.58. The van der Waals surface area contributed by atoms with Gasteiger partial charge in [0.05, 0.1) is 18.8 Å². The Kier molecular flexibility index (Phi) is 5.40. The topological polar surface area (TPSA) is 96.7 Å². The number of para-hydroxylation sites is 2. The number of carbonyl (C=O) groups excluding carboxylic acids is 2. The molecular weight excluding hydrogens is 336 g/mol. The van der Waals surface area contributed by atoms with Crippen LogP contribution in [0.4, 0.5) is 11.5 Å². The van der Waals surface area contributed by atoms with Gasteiger partial charge in [-0.25, -0.2) is 0 Å². The molecule has 0 bridgehead atoms. The predicted octanol–water partition coefficient (Wildman–Crippen LogP) is 1.72. The lowest BCUT2D eigenvalue weighted by Gasteiger charge is -2.35. The summed E-state index contributed by atoms with van der Waals surface area (Å²) in [6, 6.07) is 9.00. The minimum absolute atomic E-state index is 0.0733. The van der Waals surface area contributed by atoms with Gasteiger partial charge in [-0.15, -0.1) is 0 Å². The molecule has 1 aromatic heterocycles. The molecule has 1 aliphatic rings. The average Bonchev–Trinajstić information content (AvgIpc) is 3.04. The molecule has 0 aliphatic carbocycles. The molecule has 26 heavy (non-hydrogen) atoms. The summed E-state index contributed by atoms with van der Waals surface area (Å²) in [5.74, 6) is 1.14. The third kappa shape index (κ3) is 4.14. The van der Waals surface area contributed by atoms with E-state index in [1.807, 2.05) is 30.0 Å². The maximum absolute atomic E-state index is 12.4. The van der Waals surface area contributed by atoms with Crippen LogP contribution in [0.2, 0.25) is 0 Å². The second-order valence-corrected chi connectivity index (χ2v) is 6.12. The molecule has 1 atom stereocenters. The number of amides is 2. The third-order valence-corrected chi connectivity index (χ3v) is 3.93. The van der Waals surface area contributed by atoms with E-state index in [4.69, 9.17) is 9.26 Å². The van der Waals surface area contributed by atoms with Gasteiger partial charge >= 0.3 is 0 Å². The molecule has 0 saturated carbocycles. The molecule has 3 rings (SSSR count). The molecule has 0 unspecified atom stereocenters. The van der Waals surface area contributed by atoms with Crippen LogP contribution in [0.15, 0.2) is 34.9 Å². The Hall–Kier alpha value is -3.03. The highest BCUT2D eigenvalue weighted by atomic mass is 16.5. The van der Waals surface area contributed by atoms with Crippen LogP contribution in [0.5, 0.6) is 5.75 Å². The summed E-state index contributed by atoms with van der Waals surface area (Å²) in [5.41, 5.74) is 0.776. The van der Waals surface area contributed by atoms with E-state index in [9.17, 15) is 9.59 Å². The number of hydrogen-bond acceptors (Lipinski definition) is 6. The number of anilines is 2. The van der Waals surface area contributed by atoms with Crippen molar-refractivity contribution in [3.05, 3.63) is 36.1 Å². The summed E-state index contributed by atoms with van der Waals surface area (Å²) in [5, 5.41) is 9.28. The number of nitrogens with one attached hydrogen (secondary N) is 2. The molecule has 0 saturated heterocycles. The SMILES string of the molecule is CCCNC(=O)[C@@H]1CN(CC(=O)Nc2cc(C)on2)c2ccccc2O1. The van der Waals surface area contributed by atoms with Crippen LogP contribution >= 0.6 is 0 Å². The second kappa shape index (κ2) is 7.90. The molecule has 1 aliphatic heterocycles. The number of fused-ring (bicyclic) bond motifs is 1. The van der Waals surface area contributed by atoms with Crippen molar-refractivity contribution in [3.63, 3.8) is 0 Å². The normalized spacial score (nSPS) is 15.8. The lowest BCUT2D eigenvalue weighted by atomic mass is 10.1. The largest absolute Gasteiger partial charge is 0.477 e. The van der Waals surface area contributed by atoms with Gasteiger partial charge in [0.25, 0.3) is 5.91 Å². The van der Waals surface area contributed by atoms with Gasteiger partial charge in [-0.3, -0.25) is 9.59 Å². The third-order valence-electron chi connectivity index (χ3n) is 3.93. The standard InChI is InChI=1S/C18H22N4O4/c1-3-8-19-18(24)15-10-22(13-6-4-5-7-14(13)25-15)11-17(23)20-16-9-12(2)26-21-16/h4-7,9,15H,3,8,10-11H2,1-2H3,(H,19,24)(H,20,21,23)/t15-/m0/s1. The zero-order chi connectivity index (χ0) is 18.5. The van der Waals surface area contributed by atoms with E-state index in [1.165, 1.54) is 0 Å². The summed E-state index contributed by atoms with van der Waals surface area (Å²) >= 11 is 0. The minimum atomic E-state index is -0.668. The molecular formula is C18H22N4O4. The highest BCUT2D eigenvalue weighted by molar-refractivity contribution is 5.94. The summed E-state index contributed by atoms with van der Waals surface area (Å²) in [6.45, 7) is 4.69. The quantitative estimate of drug-likeness (QED) is 0.816. The van der Waals surface area contributed by atoms with E-state index in [0.29, 0.717) is 23.9 Å². The number of ether oxygens (including phenoxy) is 1. The predicted molar refractivity (Wildman–Crippen MR) is 96.2 cm³/mol. The van der Waals surface area contributed by atoms with E-state index in [-0.39, 0.29) is 24.9 Å². The fourth-order valence-electron chi connectivity index (χ4n) is 2.74. The summed E-state index contributed by atoms with van der Waals surface area (Å²) in [6.07, 6.45) is 0.178. The van der Waals surface area contributed by atoms with Gasteiger partial charge in [-0.2, -0.15) is 0 Å². The van der Waals surface area contributed by atoms with Crippen LogP contribution in [-0.4, -0.2) is 42.7 Å². The Morgan fingerprint density at radius 3 is 2.88 bits per heavy atom. The van der Waals surface area contributed by atoms with Crippen LogP contribution < -0.4 is 20.3 Å². The van der Waals surface area contributed by atoms with E-state index in [1.54, 1.807) is 19.1 Å². The molecule has 2 N–H and O–H groups in total. The monoisotopic (exact) mass is 358 g/mol. The van der Waals surface area contributed by atoms with Crippen molar-refractivity contribution >= 4 is 23.3 Å². The van der Waals surface area contributed by atoms with Gasteiger partial charge in [0.2, 0.25) is 5.91 Å². The van der Waals surface area contributed by atoms with Crippen LogP contribution in [0, 0.1) is 6.92 Å². The molecule has 2 aromatic rings. The number of nitrogens with zero attached hydrogens (tertiary/aromatic N) is 2. The Balaban J connectivity index is 1.71. The molecule has 0 radical (unpaired) electrons. The van der Waals surface area contributed by atoms with Crippen molar-refractivity contribution in [2.75, 3.05) is 29.9 Å². The Morgan fingerprint density at radius 1 is 1.35 bits per heavy atom. The fourth-order valence-corrected chi connectivity index (χ4v) is 2.74. The molecule has 1 aromatic carbocycles. The lowest BCUT2D eigenvalue weighted by molar-refractivity contribution is -0.128. The van der Waals surface area contributed by atoms with Crippen molar-refractivity contribution < 1.29 is 18.8 Å². The highest BCUT2D eigenvalue weighted by Gasteiger charge is 2.31. The number of benzene rings is 1. The highest BCUT2D eigenvalue weighted by Crippen LogP contribution is 2.32. The van der Waals surface area contributed by atoms with Crippen LogP contribution in [0.25, 0.3) is 0 Å². The van der Waals surface area contributed by atoms with Crippen LogP contribution in [0.1, 0.15) is 19.1 Å². The Labute approximate surface area is 151 Å². The number of aryl methyl sites for hydroxylation is 1. The van der Waals surface area contributed by atoms with Crippen LogP contribution in [0.3, 0.4) is 0 Å². The first-order chi connectivity index (χ1) is 12.6. The summed E-state index contributed by atoms with van der Waals surface area (Å²) < 4.78 is 10.8. The first kappa shape index (κ1) is 17.8. The van der Waals surface area contributed by atoms with Crippen molar-refractivity contribution in [1.82, 2.24) is 10.5 Å². The molecule has 2 amide bonds. The zero-order valence-corrected chi connectivity index (χ0v) is 14.8.